The number of hydrogen-bond acceptors (Lipinski definition) is 5. The van der Waals surface area contributed by atoms with Crippen molar-refractivity contribution in [2.24, 2.45) is 5.92 Å². The molecule has 30 heavy (non-hydrogen) atoms. The Morgan fingerprint density at radius 1 is 1.00 bits per heavy atom. The van der Waals surface area contributed by atoms with Crippen molar-refractivity contribution in [1.82, 2.24) is 15.0 Å². The summed E-state index contributed by atoms with van der Waals surface area (Å²) in [5, 5.41) is 0. The summed E-state index contributed by atoms with van der Waals surface area (Å²) in [5.74, 6) is -0.730. The van der Waals surface area contributed by atoms with E-state index in [1.54, 1.807) is 24.5 Å². The monoisotopic (exact) mass is 410 g/mol. The number of nitrogens with zero attached hydrogens (tertiary/aromatic N) is 4. The van der Waals surface area contributed by atoms with Crippen LogP contribution in [0.5, 0.6) is 5.75 Å². The Labute approximate surface area is 174 Å². The number of anilines is 1. The Morgan fingerprint density at radius 2 is 1.63 bits per heavy atom. The maximum atomic E-state index is 14.5. The molecule has 3 heterocycles. The van der Waals surface area contributed by atoms with Crippen LogP contribution in [0.2, 0.25) is 0 Å². The fourth-order valence-electron chi connectivity index (χ4n) is 3.60. The summed E-state index contributed by atoms with van der Waals surface area (Å²) in [4.78, 5) is 14.9. The molecule has 0 aliphatic carbocycles. The predicted octanol–water partition coefficient (Wildman–Crippen LogP) is 4.67. The molecule has 1 fully saturated rings. The largest absolute Gasteiger partial charge is 0.487 e. The fourth-order valence-corrected chi connectivity index (χ4v) is 3.60. The van der Waals surface area contributed by atoms with Crippen molar-refractivity contribution in [3.63, 3.8) is 0 Å². The number of benzene rings is 1. The lowest BCUT2D eigenvalue weighted by Crippen LogP contribution is -2.36. The third kappa shape index (κ3) is 4.56. The Bertz CT molecular complexity index is 951. The lowest BCUT2D eigenvalue weighted by molar-refractivity contribution is 0.207. The molecule has 1 saturated heterocycles. The molecule has 0 saturated carbocycles. The first-order valence-corrected chi connectivity index (χ1v) is 10.2. The molecule has 5 nitrogen and oxygen atoms in total. The summed E-state index contributed by atoms with van der Waals surface area (Å²) in [6, 6.07) is 6.02. The van der Waals surface area contributed by atoms with Gasteiger partial charge in [-0.2, -0.15) is 0 Å². The molecule has 0 amide bonds. The number of pyridine rings is 1. The normalized spacial score (nSPS) is 14.7. The van der Waals surface area contributed by atoms with Crippen LogP contribution in [0.25, 0.3) is 11.1 Å². The van der Waals surface area contributed by atoms with Gasteiger partial charge in [0.25, 0.3) is 0 Å². The second kappa shape index (κ2) is 9.15. The Balaban J connectivity index is 1.34. The first-order chi connectivity index (χ1) is 14.6. The number of piperidine rings is 1. The van der Waals surface area contributed by atoms with Crippen LogP contribution in [0.15, 0.2) is 49.1 Å². The molecular weight excluding hydrogens is 386 g/mol. The molecule has 0 unspecified atom stereocenters. The number of rotatable bonds is 6. The lowest BCUT2D eigenvalue weighted by atomic mass is 9.98. The molecule has 4 rings (SSSR count). The zero-order valence-corrected chi connectivity index (χ0v) is 16.9. The van der Waals surface area contributed by atoms with E-state index in [0.717, 1.165) is 43.9 Å². The second-order valence-corrected chi connectivity index (χ2v) is 7.49. The minimum Gasteiger partial charge on any atom is -0.487 e. The average molecular weight is 410 g/mol. The molecule has 1 aliphatic heterocycles. The van der Waals surface area contributed by atoms with Crippen molar-refractivity contribution in [2.75, 3.05) is 24.6 Å². The summed E-state index contributed by atoms with van der Waals surface area (Å²) < 4.78 is 34.5. The highest BCUT2D eigenvalue weighted by Crippen LogP contribution is 2.30. The minimum atomic E-state index is -0.691. The van der Waals surface area contributed by atoms with E-state index in [2.05, 4.69) is 26.8 Å². The summed E-state index contributed by atoms with van der Waals surface area (Å²) in [7, 11) is 0. The van der Waals surface area contributed by atoms with Gasteiger partial charge in [-0.3, -0.25) is 4.98 Å². The number of hydrogen-bond donors (Lipinski definition) is 0. The van der Waals surface area contributed by atoms with Crippen molar-refractivity contribution in [1.29, 1.82) is 0 Å². The summed E-state index contributed by atoms with van der Waals surface area (Å²) in [6.07, 6.45) is 9.53. The van der Waals surface area contributed by atoms with Crippen LogP contribution < -0.4 is 9.64 Å². The van der Waals surface area contributed by atoms with Gasteiger partial charge in [-0.1, -0.05) is 6.92 Å². The van der Waals surface area contributed by atoms with E-state index in [1.807, 2.05) is 12.4 Å². The first kappa shape index (κ1) is 20.2. The maximum Gasteiger partial charge on any atom is 0.225 e. The zero-order chi connectivity index (χ0) is 20.9. The van der Waals surface area contributed by atoms with Crippen LogP contribution in [0.4, 0.5) is 14.7 Å². The van der Waals surface area contributed by atoms with Crippen molar-refractivity contribution >= 4 is 5.95 Å². The van der Waals surface area contributed by atoms with Gasteiger partial charge >= 0.3 is 0 Å². The Hall–Kier alpha value is -3.09. The summed E-state index contributed by atoms with van der Waals surface area (Å²) in [6.45, 7) is 3.95. The first-order valence-electron chi connectivity index (χ1n) is 10.2. The summed E-state index contributed by atoms with van der Waals surface area (Å²) >= 11 is 0. The zero-order valence-electron chi connectivity index (χ0n) is 16.9. The Kier molecular flexibility index (Phi) is 6.16. The minimum absolute atomic E-state index is 0.231. The smallest absolute Gasteiger partial charge is 0.225 e. The quantitative estimate of drug-likeness (QED) is 0.591. The van der Waals surface area contributed by atoms with Gasteiger partial charge in [0.15, 0.2) is 17.4 Å². The van der Waals surface area contributed by atoms with Crippen LogP contribution in [-0.2, 0) is 6.42 Å². The molecule has 1 aromatic carbocycles. The highest BCUT2D eigenvalue weighted by atomic mass is 19.1. The molecule has 1 aliphatic rings. The molecule has 2 aromatic heterocycles. The SMILES string of the molecule is CCc1cnc(N2CCC(COc3c(F)cc(-c4ccncc4)cc3F)CC2)nc1. The van der Waals surface area contributed by atoms with E-state index >= 15 is 0 Å². The van der Waals surface area contributed by atoms with Gasteiger partial charge in [0.05, 0.1) is 6.61 Å². The van der Waals surface area contributed by atoms with Crippen molar-refractivity contribution < 1.29 is 13.5 Å². The molecule has 7 heteroatoms. The molecule has 0 spiro atoms. The van der Waals surface area contributed by atoms with E-state index in [-0.39, 0.29) is 18.3 Å². The number of aromatic nitrogens is 3. The van der Waals surface area contributed by atoms with Gasteiger partial charge in [-0.25, -0.2) is 18.7 Å². The molecule has 156 valence electrons. The topological polar surface area (TPSA) is 51.1 Å². The van der Waals surface area contributed by atoms with Gasteiger partial charge in [-0.15, -0.1) is 0 Å². The third-order valence-electron chi connectivity index (χ3n) is 5.47. The van der Waals surface area contributed by atoms with Crippen molar-refractivity contribution in [2.45, 2.75) is 26.2 Å². The van der Waals surface area contributed by atoms with Crippen LogP contribution in [0, 0.1) is 17.6 Å². The van der Waals surface area contributed by atoms with Crippen molar-refractivity contribution in [3.8, 4) is 16.9 Å². The van der Waals surface area contributed by atoms with Crippen molar-refractivity contribution in [3.05, 3.63) is 66.3 Å². The molecule has 0 radical (unpaired) electrons. The highest BCUT2D eigenvalue weighted by molar-refractivity contribution is 5.64. The van der Waals surface area contributed by atoms with E-state index < -0.39 is 11.6 Å². The number of aryl methyl sites for hydroxylation is 1. The van der Waals surface area contributed by atoms with Gasteiger partial charge in [0.2, 0.25) is 5.95 Å². The van der Waals surface area contributed by atoms with Gasteiger partial charge < -0.3 is 9.64 Å². The van der Waals surface area contributed by atoms with Crippen LogP contribution >= 0.6 is 0 Å². The van der Waals surface area contributed by atoms with Gasteiger partial charge in [0, 0.05) is 37.9 Å². The fraction of sp³-hybridized carbons (Fsp3) is 0.348. The molecule has 0 N–H and O–H groups in total. The molecule has 0 bridgehead atoms. The average Bonchev–Trinajstić information content (AvgIpc) is 2.79. The summed E-state index contributed by atoms with van der Waals surface area (Å²) in [5.41, 5.74) is 2.28. The van der Waals surface area contributed by atoms with E-state index in [0.29, 0.717) is 11.1 Å². The van der Waals surface area contributed by atoms with Gasteiger partial charge in [-0.05, 0) is 66.1 Å². The molecule has 3 aromatic rings. The maximum absolute atomic E-state index is 14.5. The van der Waals surface area contributed by atoms with Crippen LogP contribution in [0.1, 0.15) is 25.3 Å². The van der Waals surface area contributed by atoms with Gasteiger partial charge in [0.1, 0.15) is 0 Å². The van der Waals surface area contributed by atoms with E-state index in [9.17, 15) is 8.78 Å². The molecule has 0 atom stereocenters. The molecular formula is C23H24F2N4O. The van der Waals surface area contributed by atoms with E-state index in [1.165, 1.54) is 12.1 Å². The van der Waals surface area contributed by atoms with E-state index in [4.69, 9.17) is 4.74 Å². The van der Waals surface area contributed by atoms with Crippen LogP contribution in [0.3, 0.4) is 0 Å². The second-order valence-electron chi connectivity index (χ2n) is 7.49. The third-order valence-corrected chi connectivity index (χ3v) is 5.47. The standard InChI is InChI=1S/C23H24F2N4O/c1-2-16-13-27-23(28-14-16)29-9-5-17(6-10-29)15-30-22-20(24)11-19(12-21(22)25)18-3-7-26-8-4-18/h3-4,7-8,11-14,17H,2,5-6,9-10,15H2,1H3. The number of ether oxygens (including phenoxy) is 1. The highest BCUT2D eigenvalue weighted by Gasteiger charge is 2.23. The number of halogens is 2. The predicted molar refractivity (Wildman–Crippen MR) is 111 cm³/mol. The van der Waals surface area contributed by atoms with Crippen LogP contribution in [-0.4, -0.2) is 34.6 Å². The lowest BCUT2D eigenvalue weighted by Gasteiger charge is -2.31. The Morgan fingerprint density at radius 3 is 2.23 bits per heavy atom.